The highest BCUT2D eigenvalue weighted by Gasteiger charge is 2.26. The van der Waals surface area contributed by atoms with Crippen LogP contribution in [0.15, 0.2) is 42.5 Å². The Labute approximate surface area is 136 Å². The van der Waals surface area contributed by atoms with Gasteiger partial charge in [0.1, 0.15) is 4.32 Å². The lowest BCUT2D eigenvalue weighted by Crippen LogP contribution is -2.24. The molecule has 0 N–H and O–H groups in total. The summed E-state index contributed by atoms with van der Waals surface area (Å²) in [6.45, 7) is 2.01. The molecule has 1 aliphatic rings. The molecule has 1 fully saturated rings. The Balaban J connectivity index is 1.88. The molecule has 4 heteroatoms. The smallest absolute Gasteiger partial charge is 0.137 e. The number of rotatable bonds is 3. The highest BCUT2D eigenvalue weighted by atomic mass is 127. The molecule has 1 heterocycles. The van der Waals surface area contributed by atoms with Crippen LogP contribution in [0.5, 0.6) is 0 Å². The number of hydrogen-bond donors (Lipinski definition) is 0. The van der Waals surface area contributed by atoms with E-state index in [4.69, 9.17) is 12.2 Å². The first-order chi connectivity index (χ1) is 9.28. The van der Waals surface area contributed by atoms with Gasteiger partial charge in [-0.25, -0.2) is 0 Å². The van der Waals surface area contributed by atoms with Crippen LogP contribution in [0.25, 0.3) is 10.8 Å². The third kappa shape index (κ3) is 2.90. The third-order valence-corrected chi connectivity index (χ3v) is 6.68. The van der Waals surface area contributed by atoms with Gasteiger partial charge in [-0.1, -0.05) is 89.0 Å². The molecule has 1 aliphatic heterocycles. The van der Waals surface area contributed by atoms with Crippen molar-refractivity contribution in [2.75, 3.05) is 11.0 Å². The normalized spacial score (nSPS) is 19.3. The van der Waals surface area contributed by atoms with Gasteiger partial charge in [-0.3, -0.25) is 0 Å². The van der Waals surface area contributed by atoms with Crippen LogP contribution < -0.4 is 0 Å². The quantitative estimate of drug-likeness (QED) is 0.426. The van der Waals surface area contributed by atoms with Gasteiger partial charge in [0, 0.05) is 22.8 Å². The molecule has 0 spiro atoms. The summed E-state index contributed by atoms with van der Waals surface area (Å²) in [6.07, 6.45) is 0. The summed E-state index contributed by atoms with van der Waals surface area (Å²) in [7, 11) is 0. The zero-order valence-electron chi connectivity index (χ0n) is 10.4. The fourth-order valence-electron chi connectivity index (χ4n) is 2.42. The van der Waals surface area contributed by atoms with Crippen molar-refractivity contribution < 1.29 is 0 Å². The van der Waals surface area contributed by atoms with E-state index in [-0.39, 0.29) is 0 Å². The Morgan fingerprint density at radius 2 is 2.00 bits per heavy atom. The van der Waals surface area contributed by atoms with Crippen LogP contribution in [0.1, 0.15) is 5.56 Å². The first kappa shape index (κ1) is 13.6. The van der Waals surface area contributed by atoms with E-state index in [0.29, 0.717) is 5.25 Å². The molecule has 19 heavy (non-hydrogen) atoms. The lowest BCUT2D eigenvalue weighted by Gasteiger charge is -2.18. The Hall–Kier alpha value is -0.330. The lowest BCUT2D eigenvalue weighted by atomic mass is 10.0. The Morgan fingerprint density at radius 1 is 1.21 bits per heavy atom. The molecule has 1 saturated heterocycles. The number of nitrogens with zero attached hydrogens (tertiary/aromatic N) is 1. The minimum absolute atomic E-state index is 0.656. The number of benzene rings is 2. The maximum atomic E-state index is 5.49. The highest BCUT2D eigenvalue weighted by molar-refractivity contribution is 14.1. The third-order valence-electron chi connectivity index (χ3n) is 3.36. The first-order valence-electron chi connectivity index (χ1n) is 6.26. The second-order valence-corrected chi connectivity index (χ2v) is 7.49. The molecule has 0 amide bonds. The van der Waals surface area contributed by atoms with E-state index in [1.807, 2.05) is 11.8 Å². The SMILES string of the molecule is S=C1SC(CI)CN1Cc1cccc2ccccc12. The predicted octanol–water partition coefficient (Wildman–Crippen LogP) is 4.48. The van der Waals surface area contributed by atoms with E-state index in [0.717, 1.165) is 21.8 Å². The van der Waals surface area contributed by atoms with Crippen molar-refractivity contribution in [1.29, 1.82) is 0 Å². The Kier molecular flexibility index (Phi) is 4.29. The molecular formula is C15H14INS2. The van der Waals surface area contributed by atoms with E-state index in [1.54, 1.807) is 0 Å². The first-order valence-corrected chi connectivity index (χ1v) is 9.07. The molecule has 1 nitrogen and oxygen atoms in total. The average Bonchev–Trinajstić information content (AvgIpc) is 2.80. The van der Waals surface area contributed by atoms with E-state index in [1.165, 1.54) is 16.3 Å². The van der Waals surface area contributed by atoms with Crippen molar-refractivity contribution in [2.24, 2.45) is 0 Å². The minimum Gasteiger partial charge on any atom is -0.352 e. The summed E-state index contributed by atoms with van der Waals surface area (Å²) >= 11 is 9.79. The van der Waals surface area contributed by atoms with E-state index in [9.17, 15) is 0 Å². The average molecular weight is 399 g/mol. The fraction of sp³-hybridized carbons (Fsp3) is 0.267. The van der Waals surface area contributed by atoms with E-state index >= 15 is 0 Å². The molecule has 1 unspecified atom stereocenters. The molecule has 0 bridgehead atoms. The standard InChI is InChI=1S/C15H14INS2/c16-8-13-10-17(15(18)19-13)9-12-6-3-5-11-4-1-2-7-14(11)12/h1-7,13H,8-10H2. The van der Waals surface area contributed by atoms with Gasteiger partial charge in [0.2, 0.25) is 0 Å². The number of fused-ring (bicyclic) bond motifs is 1. The van der Waals surface area contributed by atoms with Crippen molar-refractivity contribution in [1.82, 2.24) is 4.90 Å². The van der Waals surface area contributed by atoms with Gasteiger partial charge < -0.3 is 4.90 Å². The lowest BCUT2D eigenvalue weighted by molar-refractivity contribution is 0.447. The Morgan fingerprint density at radius 3 is 2.79 bits per heavy atom. The topological polar surface area (TPSA) is 3.24 Å². The molecule has 2 aromatic rings. The molecule has 2 aromatic carbocycles. The van der Waals surface area contributed by atoms with Crippen LogP contribution in [-0.4, -0.2) is 25.4 Å². The zero-order valence-corrected chi connectivity index (χ0v) is 14.2. The Bertz CT molecular complexity index is 609. The van der Waals surface area contributed by atoms with Crippen LogP contribution in [0.3, 0.4) is 0 Å². The fourth-order valence-corrected chi connectivity index (χ4v) is 4.68. The van der Waals surface area contributed by atoms with Crippen LogP contribution in [0, 0.1) is 0 Å². The number of alkyl halides is 1. The second-order valence-electron chi connectivity index (χ2n) is 4.68. The van der Waals surface area contributed by atoms with Gasteiger partial charge in [0.25, 0.3) is 0 Å². The largest absolute Gasteiger partial charge is 0.352 e. The van der Waals surface area contributed by atoms with Crippen LogP contribution in [0.2, 0.25) is 0 Å². The van der Waals surface area contributed by atoms with Gasteiger partial charge in [0.15, 0.2) is 0 Å². The molecule has 3 rings (SSSR count). The molecule has 0 aromatic heterocycles. The van der Waals surface area contributed by atoms with Crippen molar-refractivity contribution >= 4 is 61.7 Å². The second kappa shape index (κ2) is 5.97. The van der Waals surface area contributed by atoms with Gasteiger partial charge in [-0.2, -0.15) is 0 Å². The van der Waals surface area contributed by atoms with Gasteiger partial charge >= 0.3 is 0 Å². The molecule has 0 radical (unpaired) electrons. The van der Waals surface area contributed by atoms with Crippen molar-refractivity contribution in [2.45, 2.75) is 11.8 Å². The maximum Gasteiger partial charge on any atom is 0.137 e. The summed E-state index contributed by atoms with van der Waals surface area (Å²) in [6, 6.07) is 15.1. The molecule has 0 aliphatic carbocycles. The molecule has 98 valence electrons. The summed E-state index contributed by atoms with van der Waals surface area (Å²) in [4.78, 5) is 2.34. The van der Waals surface area contributed by atoms with Gasteiger partial charge in [-0.15, -0.1) is 0 Å². The van der Waals surface area contributed by atoms with E-state index in [2.05, 4.69) is 70.0 Å². The van der Waals surface area contributed by atoms with Crippen molar-refractivity contribution in [3.63, 3.8) is 0 Å². The monoisotopic (exact) mass is 399 g/mol. The maximum absolute atomic E-state index is 5.49. The number of hydrogen-bond acceptors (Lipinski definition) is 2. The summed E-state index contributed by atoms with van der Waals surface area (Å²) in [5, 5.41) is 3.31. The highest BCUT2D eigenvalue weighted by Crippen LogP contribution is 2.30. The van der Waals surface area contributed by atoms with Crippen LogP contribution in [0.4, 0.5) is 0 Å². The summed E-state index contributed by atoms with van der Waals surface area (Å²) in [5.41, 5.74) is 1.37. The molecule has 0 saturated carbocycles. The predicted molar refractivity (Wildman–Crippen MR) is 97.2 cm³/mol. The van der Waals surface area contributed by atoms with Crippen LogP contribution >= 0.6 is 46.6 Å². The minimum atomic E-state index is 0.656. The van der Waals surface area contributed by atoms with Crippen molar-refractivity contribution in [3.8, 4) is 0 Å². The number of thioether (sulfide) groups is 1. The molecular weight excluding hydrogens is 385 g/mol. The summed E-state index contributed by atoms with van der Waals surface area (Å²) < 4.78 is 2.21. The van der Waals surface area contributed by atoms with E-state index < -0.39 is 0 Å². The van der Waals surface area contributed by atoms with Crippen LogP contribution in [-0.2, 0) is 6.54 Å². The van der Waals surface area contributed by atoms with Gasteiger partial charge in [-0.05, 0) is 16.3 Å². The van der Waals surface area contributed by atoms with Gasteiger partial charge in [0.05, 0.1) is 0 Å². The summed E-state index contributed by atoms with van der Waals surface area (Å²) in [5.74, 6) is 0. The number of halogens is 1. The molecule has 1 atom stereocenters. The number of thiocarbonyl (C=S) groups is 1. The zero-order chi connectivity index (χ0) is 13.2. The van der Waals surface area contributed by atoms with Crippen molar-refractivity contribution in [3.05, 3.63) is 48.0 Å².